The number of halogens is 2. The molecule has 0 aliphatic heterocycles. The van der Waals surface area contributed by atoms with Crippen LogP contribution in [0.2, 0.25) is 0 Å². The van der Waals surface area contributed by atoms with E-state index in [-0.39, 0.29) is 42.1 Å². The highest BCUT2D eigenvalue weighted by atomic mass is 35.5. The zero-order valence-corrected chi connectivity index (χ0v) is 19.9. The summed E-state index contributed by atoms with van der Waals surface area (Å²) in [5.74, 6) is -2.57. The van der Waals surface area contributed by atoms with Crippen molar-refractivity contribution >= 4 is 29.1 Å². The summed E-state index contributed by atoms with van der Waals surface area (Å²) < 4.78 is 23.1. The molecule has 4 aliphatic rings. The third kappa shape index (κ3) is 2.68. The van der Waals surface area contributed by atoms with Gasteiger partial charge in [0.1, 0.15) is 0 Å². The second-order valence-electron chi connectivity index (χ2n) is 10.5. The minimum Gasteiger partial charge on any atom is -0.450 e. The number of Topliss-reactive ketones (excluding diaryl/α,β-unsaturated/α-hetero) is 1. The van der Waals surface area contributed by atoms with Gasteiger partial charge in [0.25, 0.3) is 0 Å². The van der Waals surface area contributed by atoms with E-state index in [9.17, 15) is 19.5 Å². The van der Waals surface area contributed by atoms with Crippen LogP contribution in [0.4, 0.5) is 4.39 Å². The Kier molecular flexibility index (Phi) is 5.53. The molecule has 0 saturated heterocycles. The minimum atomic E-state index is -1.99. The number of ether oxygens (including phenoxy) is 1. The van der Waals surface area contributed by atoms with Gasteiger partial charge in [-0.2, -0.15) is 0 Å². The minimum absolute atomic E-state index is 0.0285. The molecule has 0 aromatic heterocycles. The SMILES string of the molecule is CCC(=O)O[C@]1(C(=O)CCl)[C@H](C)C[C@H]2[C@@H]3CCC4=CC(=O)C=C[C@]4(C)[C@@]3(F)[C@H](O)C[C@@]21C. The molecule has 1 N–H and O–H groups in total. The molecule has 5 nitrogen and oxygen atoms in total. The fourth-order valence-electron chi connectivity index (χ4n) is 7.75. The highest BCUT2D eigenvalue weighted by molar-refractivity contribution is 6.29. The summed E-state index contributed by atoms with van der Waals surface area (Å²) in [5.41, 5.74) is -4.83. The van der Waals surface area contributed by atoms with Crippen LogP contribution in [0.1, 0.15) is 59.8 Å². The Morgan fingerprint density at radius 3 is 2.62 bits per heavy atom. The number of carbonyl (C=O) groups is 3. The molecule has 0 aromatic rings. The maximum Gasteiger partial charge on any atom is 0.306 e. The second-order valence-corrected chi connectivity index (χ2v) is 10.8. The van der Waals surface area contributed by atoms with Crippen molar-refractivity contribution in [2.45, 2.75) is 77.2 Å². The van der Waals surface area contributed by atoms with Crippen molar-refractivity contribution in [2.24, 2.45) is 28.6 Å². The van der Waals surface area contributed by atoms with Crippen molar-refractivity contribution < 1.29 is 28.6 Å². The van der Waals surface area contributed by atoms with Gasteiger partial charge in [-0.05, 0) is 50.7 Å². The van der Waals surface area contributed by atoms with Gasteiger partial charge in [-0.25, -0.2) is 4.39 Å². The van der Waals surface area contributed by atoms with Gasteiger partial charge in [0, 0.05) is 29.1 Å². The van der Waals surface area contributed by atoms with E-state index in [0.29, 0.717) is 24.8 Å². The highest BCUT2D eigenvalue weighted by Gasteiger charge is 2.77. The Morgan fingerprint density at radius 1 is 1.31 bits per heavy atom. The molecule has 3 saturated carbocycles. The standard InChI is InChI=1S/C25H32ClFO5/c1-5-21(31)32-25(20(30)13-26)14(2)10-18-17-7-6-15-11-16(28)8-9-22(15,3)24(17,27)19(29)12-23(18,25)4/h8-9,11,14,17-19,29H,5-7,10,12-13H2,1-4H3/t14-,17+,18+,19-,22+,23+,24+,25+/m1/s1. The van der Waals surface area contributed by atoms with Crippen LogP contribution in [-0.4, -0.2) is 45.9 Å². The Hall–Kier alpha value is -1.53. The van der Waals surface area contributed by atoms with Crippen LogP contribution >= 0.6 is 11.6 Å². The van der Waals surface area contributed by atoms with Gasteiger partial charge in [-0.15, -0.1) is 11.6 Å². The molecule has 0 unspecified atom stereocenters. The summed E-state index contributed by atoms with van der Waals surface area (Å²) in [4.78, 5) is 37.7. The van der Waals surface area contributed by atoms with Gasteiger partial charge in [0.05, 0.1) is 12.0 Å². The van der Waals surface area contributed by atoms with Gasteiger partial charge >= 0.3 is 5.97 Å². The van der Waals surface area contributed by atoms with Crippen LogP contribution in [0, 0.1) is 28.6 Å². The fourth-order valence-corrected chi connectivity index (χ4v) is 7.95. The number of carbonyl (C=O) groups excluding carboxylic acids is 3. The number of fused-ring (bicyclic) bond motifs is 5. The van der Waals surface area contributed by atoms with Crippen LogP contribution in [0.25, 0.3) is 0 Å². The number of allylic oxidation sites excluding steroid dienone is 4. The summed E-state index contributed by atoms with van der Waals surface area (Å²) in [6.45, 7) is 7.13. The average molecular weight is 467 g/mol. The Bertz CT molecular complexity index is 929. The van der Waals surface area contributed by atoms with Crippen LogP contribution in [0.3, 0.4) is 0 Å². The Labute approximate surface area is 193 Å². The summed E-state index contributed by atoms with van der Waals surface area (Å²) in [6.07, 6.45) is 4.67. The van der Waals surface area contributed by atoms with E-state index >= 15 is 4.39 Å². The summed E-state index contributed by atoms with van der Waals surface area (Å²) in [7, 11) is 0. The number of hydrogen-bond acceptors (Lipinski definition) is 5. The monoisotopic (exact) mass is 466 g/mol. The zero-order chi connectivity index (χ0) is 23.7. The van der Waals surface area contributed by atoms with E-state index < -0.39 is 40.1 Å². The van der Waals surface area contributed by atoms with Crippen molar-refractivity contribution in [2.75, 3.05) is 5.88 Å². The van der Waals surface area contributed by atoms with Gasteiger partial charge < -0.3 is 9.84 Å². The lowest BCUT2D eigenvalue weighted by atomic mass is 9.44. The van der Waals surface area contributed by atoms with Gasteiger partial charge in [0.15, 0.2) is 22.8 Å². The first-order valence-corrected chi connectivity index (χ1v) is 12.1. The fraction of sp³-hybridized carbons (Fsp3) is 0.720. The molecule has 0 spiro atoms. The number of esters is 1. The van der Waals surface area contributed by atoms with E-state index in [4.69, 9.17) is 16.3 Å². The molecule has 8 atom stereocenters. The quantitative estimate of drug-likeness (QED) is 0.498. The first kappa shape index (κ1) is 23.6. The second kappa shape index (κ2) is 7.49. The van der Waals surface area contributed by atoms with Crippen molar-refractivity contribution in [1.82, 2.24) is 0 Å². The molecule has 32 heavy (non-hydrogen) atoms. The van der Waals surface area contributed by atoms with E-state index in [1.165, 1.54) is 12.2 Å². The number of rotatable bonds is 4. The molecule has 0 aromatic carbocycles. The van der Waals surface area contributed by atoms with Crippen LogP contribution in [0.15, 0.2) is 23.8 Å². The molecule has 0 radical (unpaired) electrons. The third-order valence-electron chi connectivity index (χ3n) is 9.28. The zero-order valence-electron chi connectivity index (χ0n) is 19.1. The number of hydrogen-bond donors (Lipinski definition) is 1. The molecule has 4 rings (SSSR count). The molecule has 0 bridgehead atoms. The van der Waals surface area contributed by atoms with Crippen molar-refractivity contribution in [3.05, 3.63) is 23.8 Å². The summed E-state index contributed by atoms with van der Waals surface area (Å²) in [6, 6.07) is 0. The van der Waals surface area contributed by atoms with Gasteiger partial charge in [0.2, 0.25) is 0 Å². The first-order valence-electron chi connectivity index (χ1n) is 11.5. The molecule has 0 heterocycles. The van der Waals surface area contributed by atoms with Gasteiger partial charge in [-0.3, -0.25) is 14.4 Å². The molecule has 4 aliphatic carbocycles. The van der Waals surface area contributed by atoms with Crippen LogP contribution < -0.4 is 0 Å². The lowest BCUT2D eigenvalue weighted by Gasteiger charge is -2.62. The molecular formula is C25H32ClFO5. The van der Waals surface area contributed by atoms with E-state index in [1.54, 1.807) is 19.9 Å². The third-order valence-corrected chi connectivity index (χ3v) is 9.52. The Morgan fingerprint density at radius 2 is 2.00 bits per heavy atom. The predicted molar refractivity (Wildman–Crippen MR) is 118 cm³/mol. The van der Waals surface area contributed by atoms with E-state index in [1.807, 2.05) is 13.8 Å². The summed E-state index contributed by atoms with van der Waals surface area (Å²) >= 11 is 6.01. The molecular weight excluding hydrogens is 435 g/mol. The normalized spacial score (nSPS) is 47.2. The smallest absolute Gasteiger partial charge is 0.306 e. The number of aliphatic hydroxyl groups is 1. The molecule has 3 fully saturated rings. The van der Waals surface area contributed by atoms with Crippen molar-refractivity contribution in [3.63, 3.8) is 0 Å². The maximum atomic E-state index is 17.2. The lowest BCUT2D eigenvalue weighted by Crippen LogP contribution is -2.70. The van der Waals surface area contributed by atoms with Gasteiger partial charge in [-0.1, -0.05) is 32.4 Å². The average Bonchev–Trinajstić information content (AvgIpc) is 2.96. The van der Waals surface area contributed by atoms with Crippen LogP contribution in [0.5, 0.6) is 0 Å². The molecule has 7 heteroatoms. The van der Waals surface area contributed by atoms with Crippen molar-refractivity contribution in [1.29, 1.82) is 0 Å². The number of aliphatic hydroxyl groups excluding tert-OH is 1. The predicted octanol–water partition coefficient (Wildman–Crippen LogP) is 4.10. The topological polar surface area (TPSA) is 80.7 Å². The number of ketones is 2. The van der Waals surface area contributed by atoms with Crippen LogP contribution in [-0.2, 0) is 19.1 Å². The molecule has 176 valence electrons. The lowest BCUT2D eigenvalue weighted by molar-refractivity contribution is -0.227. The summed E-state index contributed by atoms with van der Waals surface area (Å²) in [5, 5.41) is 11.4. The highest BCUT2D eigenvalue weighted by Crippen LogP contribution is 2.71. The van der Waals surface area contributed by atoms with Crippen molar-refractivity contribution in [3.8, 4) is 0 Å². The van der Waals surface area contributed by atoms with E-state index in [2.05, 4.69) is 0 Å². The number of alkyl halides is 2. The largest absolute Gasteiger partial charge is 0.450 e. The maximum absolute atomic E-state index is 17.2. The van der Waals surface area contributed by atoms with E-state index in [0.717, 1.165) is 0 Å². The molecule has 0 amide bonds. The first-order chi connectivity index (χ1) is 14.9. The Balaban J connectivity index is 1.85.